The van der Waals surface area contributed by atoms with Crippen LogP contribution in [0.15, 0.2) is 53.5 Å². The summed E-state index contributed by atoms with van der Waals surface area (Å²) in [5.41, 5.74) is 5.16. The molecule has 0 saturated heterocycles. The lowest BCUT2D eigenvalue weighted by molar-refractivity contribution is 0.297. The molecule has 8 heteroatoms. The van der Waals surface area contributed by atoms with Crippen molar-refractivity contribution < 1.29 is 9.47 Å². The van der Waals surface area contributed by atoms with E-state index in [1.807, 2.05) is 48.0 Å². The molecular formula is C24H30IN5O2. The quantitative estimate of drug-likeness (QED) is 0.272. The lowest BCUT2D eigenvalue weighted by Crippen LogP contribution is -2.30. The van der Waals surface area contributed by atoms with Crippen LogP contribution >= 0.6 is 24.0 Å². The smallest absolute Gasteiger partial charge is 0.196 e. The SMILES string of the molecule is CCNC(=NCc1c(C)nn(-c2ccccc2)c1C)Nc1ccc2c(c1)OCCCO2.I. The van der Waals surface area contributed by atoms with Gasteiger partial charge < -0.3 is 20.1 Å². The van der Waals surface area contributed by atoms with E-state index in [1.165, 1.54) is 0 Å². The highest BCUT2D eigenvalue weighted by Gasteiger charge is 2.14. The average Bonchev–Trinajstić information content (AvgIpc) is 2.93. The lowest BCUT2D eigenvalue weighted by Gasteiger charge is -2.14. The van der Waals surface area contributed by atoms with Gasteiger partial charge in [-0.05, 0) is 45.0 Å². The molecule has 0 bridgehead atoms. The molecule has 0 atom stereocenters. The van der Waals surface area contributed by atoms with Crippen LogP contribution in [0.2, 0.25) is 0 Å². The Morgan fingerprint density at radius 3 is 2.56 bits per heavy atom. The van der Waals surface area contributed by atoms with Crippen molar-refractivity contribution in [1.82, 2.24) is 15.1 Å². The molecule has 1 aliphatic rings. The number of guanidine groups is 1. The van der Waals surface area contributed by atoms with Gasteiger partial charge >= 0.3 is 0 Å². The van der Waals surface area contributed by atoms with Crippen LogP contribution in [0.1, 0.15) is 30.3 Å². The first-order valence-electron chi connectivity index (χ1n) is 10.7. The van der Waals surface area contributed by atoms with Gasteiger partial charge in [0.2, 0.25) is 0 Å². The number of hydrogen-bond acceptors (Lipinski definition) is 4. The molecule has 0 aliphatic carbocycles. The molecular weight excluding hydrogens is 517 g/mol. The Morgan fingerprint density at radius 2 is 1.81 bits per heavy atom. The second kappa shape index (κ2) is 11.2. The van der Waals surface area contributed by atoms with Gasteiger partial charge in [-0.25, -0.2) is 9.67 Å². The minimum Gasteiger partial charge on any atom is -0.490 e. The van der Waals surface area contributed by atoms with Crippen LogP contribution in [-0.4, -0.2) is 35.5 Å². The number of rotatable bonds is 5. The summed E-state index contributed by atoms with van der Waals surface area (Å²) in [5, 5.41) is 11.4. The monoisotopic (exact) mass is 547 g/mol. The molecule has 0 fully saturated rings. The van der Waals surface area contributed by atoms with Crippen LogP contribution in [0.4, 0.5) is 5.69 Å². The minimum atomic E-state index is 0. The van der Waals surface area contributed by atoms with Crippen molar-refractivity contribution in [3.05, 3.63) is 65.5 Å². The fourth-order valence-electron chi connectivity index (χ4n) is 3.57. The van der Waals surface area contributed by atoms with Gasteiger partial charge in [0.1, 0.15) is 0 Å². The highest BCUT2D eigenvalue weighted by atomic mass is 127. The molecule has 0 unspecified atom stereocenters. The van der Waals surface area contributed by atoms with Gasteiger partial charge in [0.15, 0.2) is 17.5 Å². The number of hydrogen-bond donors (Lipinski definition) is 2. The summed E-state index contributed by atoms with van der Waals surface area (Å²) in [7, 11) is 0. The van der Waals surface area contributed by atoms with Crippen LogP contribution in [0.3, 0.4) is 0 Å². The Morgan fingerprint density at radius 1 is 1.06 bits per heavy atom. The Balaban J connectivity index is 0.00000289. The van der Waals surface area contributed by atoms with Crippen LogP contribution < -0.4 is 20.1 Å². The highest BCUT2D eigenvalue weighted by molar-refractivity contribution is 14.0. The maximum Gasteiger partial charge on any atom is 0.196 e. The number of benzene rings is 2. The third kappa shape index (κ3) is 5.53. The van der Waals surface area contributed by atoms with E-state index in [-0.39, 0.29) is 24.0 Å². The predicted molar refractivity (Wildman–Crippen MR) is 139 cm³/mol. The van der Waals surface area contributed by atoms with E-state index >= 15 is 0 Å². The highest BCUT2D eigenvalue weighted by Crippen LogP contribution is 2.32. The summed E-state index contributed by atoms with van der Waals surface area (Å²) in [6, 6.07) is 16.0. The molecule has 2 N–H and O–H groups in total. The normalized spacial score (nSPS) is 13.2. The van der Waals surface area contributed by atoms with E-state index in [4.69, 9.17) is 19.6 Å². The average molecular weight is 547 g/mol. The summed E-state index contributed by atoms with van der Waals surface area (Å²) < 4.78 is 13.5. The van der Waals surface area contributed by atoms with Crippen molar-refractivity contribution >= 4 is 35.6 Å². The van der Waals surface area contributed by atoms with Gasteiger partial charge in [-0.15, -0.1) is 24.0 Å². The van der Waals surface area contributed by atoms with E-state index in [9.17, 15) is 0 Å². The zero-order valence-corrected chi connectivity index (χ0v) is 21.1. The van der Waals surface area contributed by atoms with Crippen molar-refractivity contribution in [3.8, 4) is 17.2 Å². The zero-order valence-electron chi connectivity index (χ0n) is 18.7. The molecule has 2 heterocycles. The number of para-hydroxylation sites is 1. The lowest BCUT2D eigenvalue weighted by atomic mass is 10.2. The molecule has 1 aromatic heterocycles. The molecule has 32 heavy (non-hydrogen) atoms. The number of fused-ring (bicyclic) bond motifs is 1. The molecule has 1 aliphatic heterocycles. The fraction of sp³-hybridized carbons (Fsp3) is 0.333. The van der Waals surface area contributed by atoms with Gasteiger partial charge in [0.05, 0.1) is 31.1 Å². The van der Waals surface area contributed by atoms with Gasteiger partial charge in [-0.3, -0.25) is 0 Å². The zero-order chi connectivity index (χ0) is 21.6. The van der Waals surface area contributed by atoms with Crippen molar-refractivity contribution in [1.29, 1.82) is 0 Å². The number of nitrogens with zero attached hydrogens (tertiary/aromatic N) is 3. The van der Waals surface area contributed by atoms with Gasteiger partial charge in [-0.2, -0.15) is 5.10 Å². The number of anilines is 1. The number of halogens is 1. The first-order valence-corrected chi connectivity index (χ1v) is 10.7. The summed E-state index contributed by atoms with van der Waals surface area (Å²) in [6.07, 6.45) is 0.886. The van der Waals surface area contributed by atoms with Gasteiger partial charge in [0.25, 0.3) is 0 Å². The van der Waals surface area contributed by atoms with Gasteiger partial charge in [-0.1, -0.05) is 18.2 Å². The Labute approximate surface area is 206 Å². The fourth-order valence-corrected chi connectivity index (χ4v) is 3.57. The molecule has 170 valence electrons. The standard InChI is InChI=1S/C24H29N5O2.HI/c1-4-25-24(27-19-11-12-22-23(15-19)31-14-8-13-30-22)26-16-21-17(2)28-29(18(21)3)20-9-6-5-7-10-20;/h5-7,9-12,15H,4,8,13-14,16H2,1-3H3,(H2,25,26,27);1H. The maximum atomic E-state index is 5.80. The Bertz CT molecular complexity index is 1070. The molecule has 7 nitrogen and oxygen atoms in total. The third-order valence-corrected chi connectivity index (χ3v) is 5.19. The third-order valence-electron chi connectivity index (χ3n) is 5.19. The van der Waals surface area contributed by atoms with E-state index in [2.05, 4.69) is 36.6 Å². The second-order valence-electron chi connectivity index (χ2n) is 7.43. The Hall–Kier alpha value is -2.75. The number of aliphatic imine (C=N–C) groups is 1. The van der Waals surface area contributed by atoms with Crippen LogP contribution in [0, 0.1) is 13.8 Å². The van der Waals surface area contributed by atoms with Gasteiger partial charge in [0, 0.05) is 36.0 Å². The van der Waals surface area contributed by atoms with Crippen molar-refractivity contribution in [3.63, 3.8) is 0 Å². The number of nitrogens with one attached hydrogen (secondary N) is 2. The molecule has 0 radical (unpaired) electrons. The molecule has 0 amide bonds. The largest absolute Gasteiger partial charge is 0.490 e. The first kappa shape index (κ1) is 23.9. The molecule has 2 aromatic carbocycles. The molecule has 3 aromatic rings. The van der Waals surface area contributed by atoms with E-state index < -0.39 is 0 Å². The van der Waals surface area contributed by atoms with Crippen molar-refractivity contribution in [2.24, 2.45) is 4.99 Å². The van der Waals surface area contributed by atoms with Crippen molar-refractivity contribution in [2.45, 2.75) is 33.7 Å². The minimum absolute atomic E-state index is 0. The topological polar surface area (TPSA) is 72.7 Å². The predicted octanol–water partition coefficient (Wildman–Crippen LogP) is 4.85. The van der Waals surface area contributed by atoms with E-state index in [1.54, 1.807) is 0 Å². The maximum absolute atomic E-state index is 5.80. The summed E-state index contributed by atoms with van der Waals surface area (Å²) in [5.74, 6) is 2.25. The van der Waals surface area contributed by atoms with E-state index in [0.29, 0.717) is 25.7 Å². The molecule has 0 spiro atoms. The number of aryl methyl sites for hydroxylation is 1. The second-order valence-corrected chi connectivity index (χ2v) is 7.43. The summed E-state index contributed by atoms with van der Waals surface area (Å²) in [6.45, 7) is 8.80. The summed E-state index contributed by atoms with van der Waals surface area (Å²) in [4.78, 5) is 4.81. The molecule has 4 rings (SSSR count). The van der Waals surface area contributed by atoms with Crippen LogP contribution in [0.5, 0.6) is 11.5 Å². The van der Waals surface area contributed by atoms with Crippen LogP contribution in [0.25, 0.3) is 5.69 Å². The Kier molecular flexibility index (Phi) is 8.38. The number of aromatic nitrogens is 2. The first-order chi connectivity index (χ1) is 15.2. The van der Waals surface area contributed by atoms with Crippen molar-refractivity contribution in [2.75, 3.05) is 25.1 Å². The molecule has 0 saturated carbocycles. The number of ether oxygens (including phenoxy) is 2. The van der Waals surface area contributed by atoms with E-state index in [0.717, 1.165) is 52.8 Å². The summed E-state index contributed by atoms with van der Waals surface area (Å²) >= 11 is 0. The van der Waals surface area contributed by atoms with Crippen LogP contribution in [-0.2, 0) is 6.54 Å².